The molecule has 18 heavy (non-hydrogen) atoms. The minimum absolute atomic E-state index is 0.118. The fraction of sp³-hybridized carbons (Fsp3) is 0.923. The molecule has 1 rings (SSSR count). The lowest BCUT2D eigenvalue weighted by Crippen LogP contribution is -2.29. The number of hydrogen-bond acceptors (Lipinski definition) is 5. The molecule has 0 amide bonds. The van der Waals surface area contributed by atoms with E-state index in [-0.39, 0.29) is 5.97 Å². The van der Waals surface area contributed by atoms with Gasteiger partial charge in [0.1, 0.15) is 6.61 Å². The largest absolute Gasteiger partial charge is 0.464 e. The summed E-state index contributed by atoms with van der Waals surface area (Å²) in [7, 11) is 4.10. The van der Waals surface area contributed by atoms with E-state index < -0.39 is 0 Å². The van der Waals surface area contributed by atoms with Crippen LogP contribution in [0.2, 0.25) is 0 Å². The second-order valence-corrected chi connectivity index (χ2v) is 4.96. The Bertz CT molecular complexity index is 246. The van der Waals surface area contributed by atoms with E-state index in [0.29, 0.717) is 19.1 Å². The highest BCUT2D eigenvalue weighted by Crippen LogP contribution is 2.12. The zero-order chi connectivity index (χ0) is 13.4. The predicted molar refractivity (Wildman–Crippen MR) is 70.6 cm³/mol. The van der Waals surface area contributed by atoms with Gasteiger partial charge in [0, 0.05) is 32.6 Å². The number of likely N-dealkylation sites (tertiary alicyclic amines) is 1. The molecule has 0 radical (unpaired) electrons. The van der Waals surface area contributed by atoms with Gasteiger partial charge in [-0.15, -0.1) is 0 Å². The summed E-state index contributed by atoms with van der Waals surface area (Å²) in [4.78, 5) is 15.4. The fourth-order valence-electron chi connectivity index (χ4n) is 1.93. The molecule has 0 aromatic carbocycles. The SMILES string of the molecule is CCC(=O)OCCN1CCC(OCCN(C)C)C1. The Morgan fingerprint density at radius 3 is 2.83 bits per heavy atom. The van der Waals surface area contributed by atoms with Crippen molar-refractivity contribution in [2.75, 3.05) is 53.5 Å². The summed E-state index contributed by atoms with van der Waals surface area (Å²) >= 11 is 0. The van der Waals surface area contributed by atoms with Gasteiger partial charge in [-0.3, -0.25) is 9.69 Å². The van der Waals surface area contributed by atoms with Crippen LogP contribution in [-0.4, -0.2) is 75.4 Å². The lowest BCUT2D eigenvalue weighted by atomic mass is 10.3. The number of carbonyl (C=O) groups is 1. The average Bonchev–Trinajstić information content (AvgIpc) is 2.76. The molecule has 106 valence electrons. The minimum atomic E-state index is -0.118. The lowest BCUT2D eigenvalue weighted by molar-refractivity contribution is -0.143. The molecule has 0 N–H and O–H groups in total. The molecule has 1 fully saturated rings. The van der Waals surface area contributed by atoms with Crippen molar-refractivity contribution in [1.29, 1.82) is 0 Å². The van der Waals surface area contributed by atoms with Crippen molar-refractivity contribution >= 4 is 5.97 Å². The summed E-state index contributed by atoms with van der Waals surface area (Å²) in [5.41, 5.74) is 0. The van der Waals surface area contributed by atoms with Crippen molar-refractivity contribution in [1.82, 2.24) is 9.80 Å². The van der Waals surface area contributed by atoms with Crippen molar-refractivity contribution in [2.45, 2.75) is 25.9 Å². The molecule has 1 aliphatic rings. The van der Waals surface area contributed by atoms with Gasteiger partial charge >= 0.3 is 5.97 Å². The molecule has 0 saturated carbocycles. The number of carbonyl (C=O) groups excluding carboxylic acids is 1. The van der Waals surface area contributed by atoms with E-state index in [1.54, 1.807) is 0 Å². The maximum absolute atomic E-state index is 11.0. The van der Waals surface area contributed by atoms with Crippen LogP contribution in [0.15, 0.2) is 0 Å². The van der Waals surface area contributed by atoms with Crippen molar-refractivity contribution in [3.8, 4) is 0 Å². The van der Waals surface area contributed by atoms with Gasteiger partial charge in [-0.1, -0.05) is 6.92 Å². The molecule has 0 aliphatic carbocycles. The Morgan fingerprint density at radius 1 is 1.39 bits per heavy atom. The Morgan fingerprint density at radius 2 is 2.17 bits per heavy atom. The van der Waals surface area contributed by atoms with Crippen molar-refractivity contribution in [3.05, 3.63) is 0 Å². The van der Waals surface area contributed by atoms with E-state index in [0.717, 1.165) is 39.2 Å². The highest BCUT2D eigenvalue weighted by atomic mass is 16.5. The molecule has 1 unspecified atom stereocenters. The smallest absolute Gasteiger partial charge is 0.305 e. The second kappa shape index (κ2) is 8.45. The monoisotopic (exact) mass is 258 g/mol. The molecule has 0 bridgehead atoms. The molecule has 5 heteroatoms. The van der Waals surface area contributed by atoms with Crippen molar-refractivity contribution < 1.29 is 14.3 Å². The highest BCUT2D eigenvalue weighted by molar-refractivity contribution is 5.68. The third kappa shape index (κ3) is 6.33. The third-order valence-corrected chi connectivity index (χ3v) is 3.08. The number of rotatable bonds is 8. The third-order valence-electron chi connectivity index (χ3n) is 3.08. The van der Waals surface area contributed by atoms with Crippen LogP contribution in [0.25, 0.3) is 0 Å². The van der Waals surface area contributed by atoms with Gasteiger partial charge in [0.25, 0.3) is 0 Å². The van der Waals surface area contributed by atoms with Crippen LogP contribution in [0.3, 0.4) is 0 Å². The van der Waals surface area contributed by atoms with Crippen LogP contribution in [0, 0.1) is 0 Å². The topological polar surface area (TPSA) is 42.0 Å². The molecule has 1 atom stereocenters. The van der Waals surface area contributed by atoms with Gasteiger partial charge in [-0.2, -0.15) is 0 Å². The summed E-state index contributed by atoms with van der Waals surface area (Å²) in [6.07, 6.45) is 1.87. The fourth-order valence-corrected chi connectivity index (χ4v) is 1.93. The number of nitrogens with zero attached hydrogens (tertiary/aromatic N) is 2. The molecule has 0 aromatic rings. The van der Waals surface area contributed by atoms with Crippen LogP contribution >= 0.6 is 0 Å². The van der Waals surface area contributed by atoms with E-state index >= 15 is 0 Å². The molecule has 0 spiro atoms. The second-order valence-electron chi connectivity index (χ2n) is 4.96. The van der Waals surface area contributed by atoms with Crippen LogP contribution in [0.1, 0.15) is 19.8 Å². The van der Waals surface area contributed by atoms with Gasteiger partial charge in [0.2, 0.25) is 0 Å². The first-order chi connectivity index (χ1) is 8.61. The molecule has 1 heterocycles. The predicted octanol–water partition coefficient (Wildman–Crippen LogP) is 0.592. The summed E-state index contributed by atoms with van der Waals surface area (Å²) < 4.78 is 10.9. The van der Waals surface area contributed by atoms with Gasteiger partial charge in [-0.05, 0) is 20.5 Å². The normalized spacial score (nSPS) is 20.6. The van der Waals surface area contributed by atoms with Crippen molar-refractivity contribution in [2.24, 2.45) is 0 Å². The van der Waals surface area contributed by atoms with E-state index in [4.69, 9.17) is 9.47 Å². The Hall–Kier alpha value is -0.650. The molecular formula is C13H26N2O3. The van der Waals surface area contributed by atoms with Gasteiger partial charge in [0.15, 0.2) is 0 Å². The van der Waals surface area contributed by atoms with E-state index in [9.17, 15) is 4.79 Å². The molecule has 1 aliphatic heterocycles. The number of esters is 1. The van der Waals surface area contributed by atoms with Gasteiger partial charge in [0.05, 0.1) is 12.7 Å². The molecule has 5 nitrogen and oxygen atoms in total. The number of hydrogen-bond donors (Lipinski definition) is 0. The maximum Gasteiger partial charge on any atom is 0.305 e. The molecular weight excluding hydrogens is 232 g/mol. The summed E-state index contributed by atoms with van der Waals surface area (Å²) in [6, 6.07) is 0. The number of ether oxygens (including phenoxy) is 2. The Balaban J connectivity index is 2.04. The Kier molecular flexibility index (Phi) is 7.23. The first-order valence-corrected chi connectivity index (χ1v) is 6.76. The van der Waals surface area contributed by atoms with Crippen molar-refractivity contribution in [3.63, 3.8) is 0 Å². The average molecular weight is 258 g/mol. The van der Waals surface area contributed by atoms with E-state index in [2.05, 4.69) is 9.80 Å². The lowest BCUT2D eigenvalue weighted by Gasteiger charge is -2.17. The number of likely N-dealkylation sites (N-methyl/N-ethyl adjacent to an activating group) is 1. The van der Waals surface area contributed by atoms with E-state index in [1.807, 2.05) is 21.0 Å². The summed E-state index contributed by atoms with van der Waals surface area (Å²) in [6.45, 7) is 6.87. The first kappa shape index (κ1) is 15.4. The Labute approximate surface area is 110 Å². The van der Waals surface area contributed by atoms with Crippen LogP contribution < -0.4 is 0 Å². The van der Waals surface area contributed by atoms with Crippen LogP contribution in [-0.2, 0) is 14.3 Å². The summed E-state index contributed by atoms with van der Waals surface area (Å²) in [5.74, 6) is -0.118. The zero-order valence-corrected chi connectivity index (χ0v) is 11.9. The maximum atomic E-state index is 11.0. The standard InChI is InChI=1S/C13H26N2O3/c1-4-13(16)18-10-8-15-6-5-12(11-15)17-9-7-14(2)3/h12H,4-11H2,1-3H3. The van der Waals surface area contributed by atoms with Crippen LogP contribution in [0.4, 0.5) is 0 Å². The van der Waals surface area contributed by atoms with E-state index in [1.165, 1.54) is 0 Å². The molecule has 0 aromatic heterocycles. The summed E-state index contributed by atoms with van der Waals surface area (Å²) in [5, 5.41) is 0. The van der Waals surface area contributed by atoms with Gasteiger partial charge < -0.3 is 14.4 Å². The molecule has 1 saturated heterocycles. The van der Waals surface area contributed by atoms with Crippen LogP contribution in [0.5, 0.6) is 0 Å². The minimum Gasteiger partial charge on any atom is -0.464 e. The van der Waals surface area contributed by atoms with Gasteiger partial charge in [-0.25, -0.2) is 0 Å². The highest BCUT2D eigenvalue weighted by Gasteiger charge is 2.22. The zero-order valence-electron chi connectivity index (χ0n) is 11.9. The quantitative estimate of drug-likeness (QED) is 0.596. The first-order valence-electron chi connectivity index (χ1n) is 6.76.